The molecule has 2 heterocycles. The van der Waals surface area contributed by atoms with E-state index in [-0.39, 0.29) is 23.7 Å². The number of aromatic nitrogens is 1. The largest absolute Gasteiger partial charge is 0.377 e. The molecule has 166 valence electrons. The predicted molar refractivity (Wildman–Crippen MR) is 118 cm³/mol. The first-order valence-electron chi connectivity index (χ1n) is 11.1. The van der Waals surface area contributed by atoms with Crippen LogP contribution in [0, 0.1) is 11.7 Å². The number of hydrogen-bond donors (Lipinski definition) is 3. The van der Waals surface area contributed by atoms with Crippen molar-refractivity contribution < 1.29 is 13.9 Å². The van der Waals surface area contributed by atoms with Gasteiger partial charge >= 0.3 is 0 Å². The summed E-state index contributed by atoms with van der Waals surface area (Å²) in [5.74, 6) is -0.214. The van der Waals surface area contributed by atoms with E-state index in [0.29, 0.717) is 31.9 Å². The Kier molecular flexibility index (Phi) is 6.65. The van der Waals surface area contributed by atoms with Crippen molar-refractivity contribution in [3.8, 4) is 0 Å². The van der Waals surface area contributed by atoms with E-state index in [9.17, 15) is 9.18 Å². The zero-order valence-electron chi connectivity index (χ0n) is 17.9. The summed E-state index contributed by atoms with van der Waals surface area (Å²) in [4.78, 5) is 16.7. The Morgan fingerprint density at radius 1 is 1.32 bits per heavy atom. The van der Waals surface area contributed by atoms with Crippen LogP contribution in [0.5, 0.6) is 0 Å². The van der Waals surface area contributed by atoms with Gasteiger partial charge in [-0.25, -0.2) is 4.39 Å². The zero-order chi connectivity index (χ0) is 21.8. The molecule has 3 atom stereocenters. The topological polar surface area (TPSA) is 89.3 Å². The summed E-state index contributed by atoms with van der Waals surface area (Å²) < 4.78 is 20.0. The lowest BCUT2D eigenvalue weighted by molar-refractivity contribution is -0.118. The van der Waals surface area contributed by atoms with Crippen LogP contribution in [0.4, 0.5) is 10.1 Å². The van der Waals surface area contributed by atoms with Gasteiger partial charge in [0, 0.05) is 31.1 Å². The van der Waals surface area contributed by atoms with E-state index in [2.05, 4.69) is 15.6 Å². The number of nitrogens with one attached hydrogen (secondary N) is 2. The maximum absolute atomic E-state index is 14.4. The van der Waals surface area contributed by atoms with Crippen LogP contribution < -0.4 is 16.4 Å². The van der Waals surface area contributed by atoms with Crippen LogP contribution in [0.3, 0.4) is 0 Å². The number of carbonyl (C=O) groups excluding carboxylic acids is 1. The van der Waals surface area contributed by atoms with E-state index in [1.54, 1.807) is 24.5 Å². The van der Waals surface area contributed by atoms with Crippen molar-refractivity contribution in [2.45, 2.75) is 56.7 Å². The van der Waals surface area contributed by atoms with E-state index >= 15 is 0 Å². The molecule has 1 saturated heterocycles. The molecule has 1 aliphatic carbocycles. The number of benzene rings is 1. The van der Waals surface area contributed by atoms with Gasteiger partial charge in [-0.3, -0.25) is 9.78 Å². The highest BCUT2D eigenvalue weighted by atomic mass is 19.1. The zero-order valence-corrected chi connectivity index (χ0v) is 17.9. The number of nitrogens with zero attached hydrogens (tertiary/aromatic N) is 1. The molecule has 1 saturated carbocycles. The number of amides is 1. The van der Waals surface area contributed by atoms with Gasteiger partial charge in [0.1, 0.15) is 5.82 Å². The Balaban J connectivity index is 1.41. The highest BCUT2D eigenvalue weighted by Gasteiger charge is 2.43. The average molecular weight is 427 g/mol. The molecule has 2 fully saturated rings. The van der Waals surface area contributed by atoms with E-state index in [1.807, 2.05) is 19.1 Å². The Bertz CT molecular complexity index is 906. The fourth-order valence-electron chi connectivity index (χ4n) is 4.51. The molecule has 31 heavy (non-hydrogen) atoms. The number of rotatable bonds is 9. The van der Waals surface area contributed by atoms with Gasteiger partial charge in [-0.1, -0.05) is 6.07 Å². The van der Waals surface area contributed by atoms with Crippen molar-refractivity contribution >= 4 is 11.6 Å². The minimum Gasteiger partial charge on any atom is -0.377 e. The number of carbonyl (C=O) groups is 1. The third-order valence-corrected chi connectivity index (χ3v) is 6.45. The quantitative estimate of drug-likeness (QED) is 0.573. The second-order valence-corrected chi connectivity index (χ2v) is 8.63. The van der Waals surface area contributed by atoms with Gasteiger partial charge in [-0.05, 0) is 80.3 Å². The van der Waals surface area contributed by atoms with Crippen molar-refractivity contribution in [3.05, 3.63) is 59.7 Å². The van der Waals surface area contributed by atoms with Crippen LogP contribution in [0.2, 0.25) is 0 Å². The summed E-state index contributed by atoms with van der Waals surface area (Å²) in [5, 5.41) is 5.89. The van der Waals surface area contributed by atoms with Crippen molar-refractivity contribution in [2.24, 2.45) is 11.7 Å². The van der Waals surface area contributed by atoms with E-state index in [1.165, 1.54) is 6.07 Å². The lowest BCUT2D eigenvalue weighted by atomic mass is 9.81. The number of anilines is 1. The van der Waals surface area contributed by atoms with Gasteiger partial charge in [0.15, 0.2) is 0 Å². The third kappa shape index (κ3) is 5.11. The molecular formula is C24H31FN4O2. The van der Waals surface area contributed by atoms with Crippen LogP contribution in [0.25, 0.3) is 0 Å². The lowest BCUT2D eigenvalue weighted by Gasteiger charge is -2.30. The van der Waals surface area contributed by atoms with Crippen molar-refractivity contribution in [2.75, 3.05) is 18.5 Å². The number of nitrogens with two attached hydrogens (primary N) is 1. The van der Waals surface area contributed by atoms with Gasteiger partial charge < -0.3 is 21.1 Å². The molecule has 1 amide bonds. The summed E-state index contributed by atoms with van der Waals surface area (Å²) in [6.45, 7) is 3.17. The summed E-state index contributed by atoms with van der Waals surface area (Å²) in [5.41, 5.74) is 8.69. The molecule has 4 N–H and O–H groups in total. The fourth-order valence-corrected chi connectivity index (χ4v) is 4.51. The average Bonchev–Trinajstić information content (AvgIpc) is 3.54. The molecule has 0 bridgehead atoms. The van der Waals surface area contributed by atoms with Crippen molar-refractivity contribution in [1.82, 2.24) is 10.3 Å². The third-order valence-electron chi connectivity index (χ3n) is 6.45. The second kappa shape index (κ2) is 9.42. The first kappa shape index (κ1) is 21.9. The van der Waals surface area contributed by atoms with E-state index < -0.39 is 11.4 Å². The van der Waals surface area contributed by atoms with Crippen LogP contribution in [0.1, 0.15) is 43.7 Å². The number of hydrogen-bond acceptors (Lipinski definition) is 5. The number of aryl methyl sites for hydroxylation is 1. The molecular weight excluding hydrogens is 395 g/mol. The number of ether oxygens (including phenoxy) is 1. The Hall–Kier alpha value is -2.35. The molecule has 7 heteroatoms. The van der Waals surface area contributed by atoms with Crippen LogP contribution >= 0.6 is 0 Å². The SMILES string of the molecule is CCO[C@H]1CN[C@@H](C(=O)Nc2cc(CC[C@@](N)(c3ccncc3)C3CC3)ccc2F)C1. The first-order valence-corrected chi connectivity index (χ1v) is 11.1. The normalized spacial score (nSPS) is 22.8. The Morgan fingerprint density at radius 3 is 2.81 bits per heavy atom. The highest BCUT2D eigenvalue weighted by molar-refractivity contribution is 5.95. The van der Waals surface area contributed by atoms with Gasteiger partial charge in [0.25, 0.3) is 0 Å². The molecule has 6 nitrogen and oxygen atoms in total. The lowest BCUT2D eigenvalue weighted by Crippen LogP contribution is -2.39. The van der Waals surface area contributed by atoms with Crippen LogP contribution in [-0.4, -0.2) is 36.2 Å². The van der Waals surface area contributed by atoms with E-state index in [0.717, 1.165) is 30.4 Å². The van der Waals surface area contributed by atoms with Gasteiger partial charge in [-0.2, -0.15) is 0 Å². The summed E-state index contributed by atoms with van der Waals surface area (Å²) in [7, 11) is 0. The summed E-state index contributed by atoms with van der Waals surface area (Å²) >= 11 is 0. The predicted octanol–water partition coefficient (Wildman–Crippen LogP) is 3.12. The number of pyridine rings is 1. The van der Waals surface area contributed by atoms with Gasteiger partial charge in [0.05, 0.1) is 17.8 Å². The Labute approximate surface area is 182 Å². The van der Waals surface area contributed by atoms with Crippen LogP contribution in [0.15, 0.2) is 42.7 Å². The van der Waals surface area contributed by atoms with Crippen molar-refractivity contribution in [1.29, 1.82) is 0 Å². The molecule has 0 spiro atoms. The first-order chi connectivity index (χ1) is 15.0. The molecule has 0 radical (unpaired) electrons. The minimum absolute atomic E-state index is 0.0187. The van der Waals surface area contributed by atoms with Gasteiger partial charge in [-0.15, -0.1) is 0 Å². The Morgan fingerprint density at radius 2 is 2.10 bits per heavy atom. The van der Waals surface area contributed by atoms with Crippen LogP contribution in [-0.2, 0) is 21.5 Å². The molecule has 2 aliphatic rings. The second-order valence-electron chi connectivity index (χ2n) is 8.63. The monoisotopic (exact) mass is 426 g/mol. The van der Waals surface area contributed by atoms with Crippen molar-refractivity contribution in [3.63, 3.8) is 0 Å². The van der Waals surface area contributed by atoms with E-state index in [4.69, 9.17) is 10.5 Å². The molecule has 0 unspecified atom stereocenters. The maximum atomic E-state index is 14.4. The standard InChI is InChI=1S/C24H31FN4O2/c1-2-31-19-14-22(28-15-19)23(30)29-21-13-16(3-6-20(21)25)7-10-24(26,17-4-5-17)18-8-11-27-12-9-18/h3,6,8-9,11-13,17,19,22,28H,2,4-5,7,10,14-15,26H2,1H3,(H,29,30)/t19-,22-,24+/m1/s1. The molecule has 1 aromatic heterocycles. The fraction of sp³-hybridized carbons (Fsp3) is 0.500. The summed E-state index contributed by atoms with van der Waals surface area (Å²) in [6, 6.07) is 8.50. The smallest absolute Gasteiger partial charge is 0.241 e. The molecule has 2 aromatic rings. The molecule has 4 rings (SSSR count). The minimum atomic E-state index is -0.438. The molecule has 1 aromatic carbocycles. The van der Waals surface area contributed by atoms with Gasteiger partial charge in [0.2, 0.25) is 5.91 Å². The number of halogens is 1. The highest BCUT2D eigenvalue weighted by Crippen LogP contribution is 2.46. The maximum Gasteiger partial charge on any atom is 0.241 e. The molecule has 1 aliphatic heterocycles. The summed E-state index contributed by atoms with van der Waals surface area (Å²) in [6.07, 6.45) is 7.86.